The molecule has 0 saturated heterocycles. The van der Waals surface area contributed by atoms with Crippen molar-refractivity contribution in [3.05, 3.63) is 46.6 Å². The summed E-state index contributed by atoms with van der Waals surface area (Å²) in [4.78, 5) is 12.3. The summed E-state index contributed by atoms with van der Waals surface area (Å²) < 4.78 is 21.4. The van der Waals surface area contributed by atoms with Gasteiger partial charge >= 0.3 is 5.97 Å². The van der Waals surface area contributed by atoms with E-state index in [4.69, 9.17) is 24.7 Å². The molecule has 138 valence electrons. The molecule has 0 spiro atoms. The topological polar surface area (TPSA) is 104 Å². The summed E-state index contributed by atoms with van der Waals surface area (Å²) >= 11 is 0. The van der Waals surface area contributed by atoms with E-state index >= 15 is 0 Å². The molecular weight excluding hydrogens is 336 g/mol. The molecule has 1 heterocycles. The van der Waals surface area contributed by atoms with Crippen LogP contribution in [-0.2, 0) is 14.3 Å². The standard InChI is InChI=1S/C19H22N2O5/c1-10(2)25-14-7-6-12(8-15(14)23-4)17-13(9-20)18(21)26-11(3)16(17)19(22)24-5/h6-8,10,17H,21H2,1-5H3/t17-/m0/s1. The second kappa shape index (κ2) is 7.83. The van der Waals surface area contributed by atoms with Gasteiger partial charge in [0.2, 0.25) is 5.88 Å². The minimum atomic E-state index is -0.719. The Labute approximate surface area is 152 Å². The molecule has 0 fully saturated rings. The van der Waals surface area contributed by atoms with Gasteiger partial charge in [-0.3, -0.25) is 0 Å². The van der Waals surface area contributed by atoms with Gasteiger partial charge in [-0.2, -0.15) is 5.26 Å². The van der Waals surface area contributed by atoms with E-state index < -0.39 is 11.9 Å². The molecule has 0 aliphatic carbocycles. The molecule has 0 bridgehead atoms. The second-order valence-electron chi connectivity index (χ2n) is 5.96. The van der Waals surface area contributed by atoms with E-state index in [0.29, 0.717) is 22.8 Å². The Kier molecular flexibility index (Phi) is 5.78. The van der Waals surface area contributed by atoms with Crippen LogP contribution in [0.25, 0.3) is 0 Å². The first kappa shape index (κ1) is 19.2. The highest BCUT2D eigenvalue weighted by molar-refractivity contribution is 5.92. The highest BCUT2D eigenvalue weighted by atomic mass is 16.5. The van der Waals surface area contributed by atoms with Crippen molar-refractivity contribution < 1.29 is 23.7 Å². The van der Waals surface area contributed by atoms with Gasteiger partial charge in [0.25, 0.3) is 0 Å². The third-order valence-electron chi connectivity index (χ3n) is 3.89. The Hall–Kier alpha value is -3.14. The van der Waals surface area contributed by atoms with E-state index in [0.717, 1.165) is 0 Å². The van der Waals surface area contributed by atoms with E-state index in [9.17, 15) is 10.1 Å². The first-order valence-corrected chi connectivity index (χ1v) is 8.05. The summed E-state index contributed by atoms with van der Waals surface area (Å²) in [5.41, 5.74) is 6.86. The van der Waals surface area contributed by atoms with Crippen LogP contribution >= 0.6 is 0 Å². The number of nitrogens with two attached hydrogens (primary N) is 1. The normalized spacial score (nSPS) is 16.9. The highest BCUT2D eigenvalue weighted by Gasteiger charge is 2.36. The van der Waals surface area contributed by atoms with Crippen LogP contribution in [0, 0.1) is 11.3 Å². The van der Waals surface area contributed by atoms with Crippen molar-refractivity contribution in [1.29, 1.82) is 5.26 Å². The number of carbonyl (C=O) groups is 1. The summed E-state index contributed by atoms with van der Waals surface area (Å²) in [5.74, 6) is -0.00381. The maximum Gasteiger partial charge on any atom is 0.338 e. The Morgan fingerprint density at radius 3 is 2.54 bits per heavy atom. The van der Waals surface area contributed by atoms with Gasteiger partial charge < -0.3 is 24.7 Å². The Bertz CT molecular complexity index is 818. The lowest BCUT2D eigenvalue weighted by Gasteiger charge is -2.27. The van der Waals surface area contributed by atoms with Crippen molar-refractivity contribution in [1.82, 2.24) is 0 Å². The summed E-state index contributed by atoms with van der Waals surface area (Å²) in [5, 5.41) is 9.55. The predicted octanol–water partition coefficient (Wildman–Crippen LogP) is 2.74. The Balaban J connectivity index is 2.62. The molecular formula is C19H22N2O5. The first-order valence-electron chi connectivity index (χ1n) is 8.05. The Morgan fingerprint density at radius 2 is 2.00 bits per heavy atom. The van der Waals surface area contributed by atoms with Gasteiger partial charge in [0, 0.05) is 0 Å². The molecule has 0 saturated carbocycles. The maximum atomic E-state index is 12.3. The van der Waals surface area contributed by atoms with E-state index in [-0.39, 0.29) is 23.1 Å². The molecule has 2 N–H and O–H groups in total. The van der Waals surface area contributed by atoms with Crippen LogP contribution in [0.15, 0.2) is 41.0 Å². The fourth-order valence-electron chi connectivity index (χ4n) is 2.80. The van der Waals surface area contributed by atoms with Crippen molar-refractivity contribution in [2.24, 2.45) is 5.73 Å². The van der Waals surface area contributed by atoms with E-state index in [2.05, 4.69) is 0 Å². The minimum Gasteiger partial charge on any atom is -0.493 e. The number of nitrogens with zero attached hydrogens (tertiary/aromatic N) is 1. The van der Waals surface area contributed by atoms with E-state index in [1.165, 1.54) is 14.2 Å². The number of nitriles is 1. The number of hydrogen-bond donors (Lipinski definition) is 1. The van der Waals surface area contributed by atoms with Gasteiger partial charge in [-0.25, -0.2) is 4.79 Å². The molecule has 1 atom stereocenters. The van der Waals surface area contributed by atoms with Crippen molar-refractivity contribution in [2.45, 2.75) is 32.8 Å². The number of allylic oxidation sites excluding steroid dienone is 2. The molecule has 0 aromatic heterocycles. The number of carbonyl (C=O) groups excluding carboxylic acids is 1. The van der Waals surface area contributed by atoms with Gasteiger partial charge in [0.1, 0.15) is 17.4 Å². The summed E-state index contributed by atoms with van der Waals surface area (Å²) in [6.07, 6.45) is -0.0317. The average Bonchev–Trinajstić information content (AvgIpc) is 2.60. The van der Waals surface area contributed by atoms with Crippen LogP contribution in [0.5, 0.6) is 11.5 Å². The number of ether oxygens (including phenoxy) is 4. The lowest BCUT2D eigenvalue weighted by molar-refractivity contribution is -0.136. The van der Waals surface area contributed by atoms with Crippen LogP contribution in [0.4, 0.5) is 0 Å². The van der Waals surface area contributed by atoms with Crippen LogP contribution in [0.2, 0.25) is 0 Å². The molecule has 0 unspecified atom stereocenters. The molecule has 26 heavy (non-hydrogen) atoms. The second-order valence-corrected chi connectivity index (χ2v) is 5.96. The van der Waals surface area contributed by atoms with Gasteiger partial charge in [-0.1, -0.05) is 6.07 Å². The third-order valence-corrected chi connectivity index (χ3v) is 3.89. The quantitative estimate of drug-likeness (QED) is 0.807. The van der Waals surface area contributed by atoms with Crippen LogP contribution in [0.3, 0.4) is 0 Å². The van der Waals surface area contributed by atoms with Gasteiger partial charge in [-0.15, -0.1) is 0 Å². The van der Waals surface area contributed by atoms with Crippen molar-refractivity contribution >= 4 is 5.97 Å². The van der Waals surface area contributed by atoms with Gasteiger partial charge in [0.05, 0.1) is 31.8 Å². The van der Waals surface area contributed by atoms with Crippen molar-refractivity contribution in [2.75, 3.05) is 14.2 Å². The van der Waals surface area contributed by atoms with E-state index in [1.807, 2.05) is 19.9 Å². The smallest absolute Gasteiger partial charge is 0.338 e. The summed E-state index contributed by atoms with van der Waals surface area (Å²) in [7, 11) is 2.79. The van der Waals surface area contributed by atoms with Crippen LogP contribution in [0.1, 0.15) is 32.3 Å². The summed E-state index contributed by atoms with van der Waals surface area (Å²) in [6.45, 7) is 5.42. The van der Waals surface area contributed by atoms with E-state index in [1.54, 1.807) is 25.1 Å². The monoisotopic (exact) mass is 358 g/mol. The fraction of sp³-hybridized carbons (Fsp3) is 0.368. The first-order chi connectivity index (χ1) is 12.3. The average molecular weight is 358 g/mol. The lowest BCUT2D eigenvalue weighted by Crippen LogP contribution is -2.25. The molecule has 0 amide bonds. The lowest BCUT2D eigenvalue weighted by atomic mass is 9.83. The number of esters is 1. The zero-order valence-electron chi connectivity index (χ0n) is 15.5. The number of benzene rings is 1. The predicted molar refractivity (Wildman–Crippen MR) is 94.1 cm³/mol. The molecule has 7 nitrogen and oxygen atoms in total. The number of methoxy groups -OCH3 is 2. The molecule has 7 heteroatoms. The minimum absolute atomic E-state index is 0.0317. The Morgan fingerprint density at radius 1 is 1.31 bits per heavy atom. The highest BCUT2D eigenvalue weighted by Crippen LogP contribution is 2.42. The molecule has 1 aromatic carbocycles. The third kappa shape index (κ3) is 3.59. The molecule has 0 radical (unpaired) electrons. The van der Waals surface area contributed by atoms with Crippen LogP contribution < -0.4 is 15.2 Å². The zero-order chi connectivity index (χ0) is 19.4. The molecule has 2 rings (SSSR count). The zero-order valence-corrected chi connectivity index (χ0v) is 15.5. The number of rotatable bonds is 5. The number of hydrogen-bond acceptors (Lipinski definition) is 7. The van der Waals surface area contributed by atoms with Gasteiger partial charge in [-0.05, 0) is 38.5 Å². The molecule has 1 aliphatic heterocycles. The maximum absolute atomic E-state index is 12.3. The molecule has 1 aliphatic rings. The fourth-order valence-corrected chi connectivity index (χ4v) is 2.80. The van der Waals surface area contributed by atoms with Crippen LogP contribution in [-0.4, -0.2) is 26.3 Å². The molecule has 1 aromatic rings. The summed E-state index contributed by atoms with van der Waals surface area (Å²) in [6, 6.07) is 7.24. The largest absolute Gasteiger partial charge is 0.493 e. The SMILES string of the molecule is COC(=O)C1=C(C)OC(N)=C(C#N)[C@@H]1c1ccc(OC(C)C)c(OC)c1. The van der Waals surface area contributed by atoms with Gasteiger partial charge in [0.15, 0.2) is 11.5 Å². The van der Waals surface area contributed by atoms with Crippen molar-refractivity contribution in [3.63, 3.8) is 0 Å². The van der Waals surface area contributed by atoms with Crippen molar-refractivity contribution in [3.8, 4) is 17.6 Å².